The highest BCUT2D eigenvalue weighted by Crippen LogP contribution is 2.29. The van der Waals surface area contributed by atoms with Crippen molar-refractivity contribution in [3.05, 3.63) is 35.4 Å². The summed E-state index contributed by atoms with van der Waals surface area (Å²) in [5.41, 5.74) is 1.61. The van der Waals surface area contributed by atoms with Gasteiger partial charge >= 0.3 is 6.18 Å². The summed E-state index contributed by atoms with van der Waals surface area (Å²) in [7, 11) is 0. The molecule has 1 rings (SSSR count). The van der Waals surface area contributed by atoms with Gasteiger partial charge in [-0.25, -0.2) is 0 Å². The molecule has 0 spiro atoms. The third-order valence-corrected chi connectivity index (χ3v) is 2.44. The maximum atomic E-state index is 12.2. The second kappa shape index (κ2) is 5.06. The van der Waals surface area contributed by atoms with Gasteiger partial charge < -0.3 is 5.84 Å². The Bertz CT molecular complexity index is 332. The molecule has 0 saturated heterocycles. The largest absolute Gasteiger partial charge is 0.416 e. The predicted molar refractivity (Wildman–Crippen MR) is 55.4 cm³/mol. The van der Waals surface area contributed by atoms with Crippen LogP contribution >= 0.6 is 11.8 Å². The van der Waals surface area contributed by atoms with E-state index in [4.69, 9.17) is 5.84 Å². The molecule has 2 nitrogen and oxygen atoms in total. The van der Waals surface area contributed by atoms with Crippen LogP contribution in [-0.2, 0) is 11.9 Å². The first kappa shape index (κ1) is 11.9. The summed E-state index contributed by atoms with van der Waals surface area (Å²) in [6.45, 7) is 0. The molecule has 0 atom stereocenters. The van der Waals surface area contributed by atoms with Crippen LogP contribution in [0.5, 0.6) is 0 Å². The molecule has 2 N–H and O–H groups in total. The maximum Gasteiger partial charge on any atom is 0.416 e. The van der Waals surface area contributed by atoms with Gasteiger partial charge in [-0.15, -0.1) is 11.8 Å². The normalized spacial score (nSPS) is 12.2. The number of halogens is 3. The van der Waals surface area contributed by atoms with Gasteiger partial charge in [0.05, 0.1) is 11.1 Å². The zero-order valence-electron chi connectivity index (χ0n) is 7.66. The Morgan fingerprint density at radius 1 is 1.27 bits per heavy atom. The van der Waals surface area contributed by atoms with Gasteiger partial charge in [0.1, 0.15) is 0 Å². The number of hydrogen-bond acceptors (Lipinski definition) is 3. The Labute approximate surface area is 89.4 Å². The number of alkyl halides is 3. The number of hydrazone groups is 1. The van der Waals surface area contributed by atoms with Crippen molar-refractivity contribution in [2.45, 2.75) is 11.9 Å². The van der Waals surface area contributed by atoms with E-state index in [-0.39, 0.29) is 0 Å². The molecule has 15 heavy (non-hydrogen) atoms. The fraction of sp³-hybridized carbons (Fsp3) is 0.222. The number of rotatable bonds is 3. The summed E-state index contributed by atoms with van der Waals surface area (Å²) in [5.74, 6) is 5.43. The maximum absolute atomic E-state index is 12.2. The summed E-state index contributed by atoms with van der Waals surface area (Å²) >= 11 is 1.32. The molecule has 1 aromatic carbocycles. The molecule has 0 aliphatic rings. The van der Waals surface area contributed by atoms with Gasteiger partial charge in [0, 0.05) is 5.75 Å². The molecule has 0 amide bonds. The predicted octanol–water partition coefficient (Wildman–Crippen LogP) is 2.84. The number of hydrogen-bond donors (Lipinski definition) is 1. The summed E-state index contributed by atoms with van der Waals surface area (Å²) in [4.78, 5) is 0. The van der Waals surface area contributed by atoms with Gasteiger partial charge in [0.25, 0.3) is 0 Å². The SMILES string of the molecule is N/N=C/SCc1ccc(C(F)(F)F)cc1. The lowest BCUT2D eigenvalue weighted by Crippen LogP contribution is -2.04. The molecule has 6 heteroatoms. The molecular weight excluding hydrogens is 225 g/mol. The van der Waals surface area contributed by atoms with Crippen LogP contribution in [0.15, 0.2) is 29.4 Å². The van der Waals surface area contributed by atoms with Crippen molar-refractivity contribution >= 4 is 17.3 Å². The van der Waals surface area contributed by atoms with E-state index in [0.29, 0.717) is 5.75 Å². The van der Waals surface area contributed by atoms with Crippen LogP contribution in [0.25, 0.3) is 0 Å². The van der Waals surface area contributed by atoms with Gasteiger partial charge in [0.2, 0.25) is 0 Å². The molecular formula is C9H9F3N2S. The monoisotopic (exact) mass is 234 g/mol. The molecule has 0 aromatic heterocycles. The molecule has 0 saturated carbocycles. The van der Waals surface area contributed by atoms with Crippen LogP contribution in [0.3, 0.4) is 0 Å². The molecule has 1 aromatic rings. The number of thioether (sulfide) groups is 1. The van der Waals surface area contributed by atoms with Crippen molar-refractivity contribution in [1.82, 2.24) is 0 Å². The van der Waals surface area contributed by atoms with Crippen molar-refractivity contribution in [2.75, 3.05) is 0 Å². The average Bonchev–Trinajstić information content (AvgIpc) is 2.18. The number of nitrogens with two attached hydrogens (primary N) is 1. The van der Waals surface area contributed by atoms with E-state index in [9.17, 15) is 13.2 Å². The molecule has 0 fully saturated rings. The first-order valence-electron chi connectivity index (χ1n) is 4.03. The molecule has 0 aliphatic carbocycles. The Kier molecular flexibility index (Phi) is 4.02. The quantitative estimate of drug-likeness (QED) is 0.378. The second-order valence-corrected chi connectivity index (χ2v) is 3.59. The fourth-order valence-corrected chi connectivity index (χ4v) is 1.51. The van der Waals surface area contributed by atoms with Crippen molar-refractivity contribution in [3.63, 3.8) is 0 Å². The zero-order chi connectivity index (χ0) is 11.3. The minimum atomic E-state index is -4.27. The summed E-state index contributed by atoms with van der Waals surface area (Å²) in [5, 5.41) is 3.27. The van der Waals surface area contributed by atoms with E-state index in [1.54, 1.807) is 0 Å². The smallest absolute Gasteiger partial charge is 0.323 e. The van der Waals surface area contributed by atoms with Crippen molar-refractivity contribution in [2.24, 2.45) is 10.9 Å². The van der Waals surface area contributed by atoms with E-state index in [1.165, 1.54) is 29.4 Å². The third-order valence-electron chi connectivity index (χ3n) is 1.67. The van der Waals surface area contributed by atoms with Gasteiger partial charge in [-0.1, -0.05) is 12.1 Å². The van der Waals surface area contributed by atoms with E-state index in [0.717, 1.165) is 17.7 Å². The highest BCUT2D eigenvalue weighted by molar-refractivity contribution is 8.11. The molecule has 0 heterocycles. The van der Waals surface area contributed by atoms with Gasteiger partial charge in [-0.05, 0) is 17.7 Å². The molecule has 0 unspecified atom stereocenters. The van der Waals surface area contributed by atoms with Crippen molar-refractivity contribution in [1.29, 1.82) is 0 Å². The van der Waals surface area contributed by atoms with Crippen LogP contribution in [0.1, 0.15) is 11.1 Å². The fourth-order valence-electron chi connectivity index (χ4n) is 0.966. The van der Waals surface area contributed by atoms with Crippen molar-refractivity contribution < 1.29 is 13.2 Å². The Hall–Kier alpha value is -1.17. The third kappa shape index (κ3) is 3.83. The summed E-state index contributed by atoms with van der Waals surface area (Å²) in [6, 6.07) is 5.02. The Morgan fingerprint density at radius 2 is 1.87 bits per heavy atom. The summed E-state index contributed by atoms with van der Waals surface area (Å²) < 4.78 is 36.5. The molecule has 0 bridgehead atoms. The van der Waals surface area contributed by atoms with Crippen LogP contribution in [0.4, 0.5) is 13.2 Å². The Morgan fingerprint density at radius 3 is 2.33 bits per heavy atom. The van der Waals surface area contributed by atoms with Crippen molar-refractivity contribution in [3.8, 4) is 0 Å². The summed E-state index contributed by atoms with van der Waals surface area (Å²) in [6.07, 6.45) is -4.27. The lowest BCUT2D eigenvalue weighted by molar-refractivity contribution is -0.137. The number of nitrogens with zero attached hydrogens (tertiary/aromatic N) is 1. The van der Waals surface area contributed by atoms with Crippen LogP contribution in [0.2, 0.25) is 0 Å². The van der Waals surface area contributed by atoms with Crippen LogP contribution < -0.4 is 5.84 Å². The van der Waals surface area contributed by atoms with E-state index < -0.39 is 11.7 Å². The lowest BCUT2D eigenvalue weighted by Gasteiger charge is -2.06. The van der Waals surface area contributed by atoms with E-state index in [2.05, 4.69) is 5.10 Å². The number of benzene rings is 1. The van der Waals surface area contributed by atoms with Crippen LogP contribution in [0, 0.1) is 0 Å². The van der Waals surface area contributed by atoms with Gasteiger partial charge in [-0.3, -0.25) is 0 Å². The first-order chi connectivity index (χ1) is 7.04. The highest BCUT2D eigenvalue weighted by Gasteiger charge is 2.29. The highest BCUT2D eigenvalue weighted by atomic mass is 32.2. The molecule has 0 radical (unpaired) electrons. The standard InChI is InChI=1S/C9H9F3N2S/c10-9(11,12)8-3-1-7(2-4-8)5-15-6-14-13/h1-4,6H,5,13H2/b14-6+. The topological polar surface area (TPSA) is 38.4 Å². The first-order valence-corrected chi connectivity index (χ1v) is 5.08. The van der Waals surface area contributed by atoms with E-state index in [1.807, 2.05) is 0 Å². The minimum Gasteiger partial charge on any atom is -0.323 e. The lowest BCUT2D eigenvalue weighted by atomic mass is 10.1. The van der Waals surface area contributed by atoms with Crippen LogP contribution in [-0.4, -0.2) is 5.55 Å². The second-order valence-electron chi connectivity index (χ2n) is 2.76. The Balaban J connectivity index is 2.64. The van der Waals surface area contributed by atoms with Gasteiger partial charge in [0.15, 0.2) is 0 Å². The molecule has 0 aliphatic heterocycles. The zero-order valence-corrected chi connectivity index (χ0v) is 8.48. The minimum absolute atomic E-state index is 0.554. The van der Waals surface area contributed by atoms with E-state index >= 15 is 0 Å². The molecule has 82 valence electrons. The average molecular weight is 234 g/mol. The van der Waals surface area contributed by atoms with Gasteiger partial charge in [-0.2, -0.15) is 18.3 Å².